The Balaban J connectivity index is 1.98. The van der Waals surface area contributed by atoms with Crippen LogP contribution >= 0.6 is 0 Å². The molecule has 1 saturated carbocycles. The van der Waals surface area contributed by atoms with Gasteiger partial charge < -0.3 is 20.5 Å². The monoisotopic (exact) mass is 250 g/mol. The van der Waals surface area contributed by atoms with Crippen LogP contribution < -0.4 is 15.8 Å². The van der Waals surface area contributed by atoms with Gasteiger partial charge in [0, 0.05) is 30.5 Å². The van der Waals surface area contributed by atoms with Crippen LogP contribution in [0.2, 0.25) is 0 Å². The molecule has 0 aliphatic heterocycles. The highest BCUT2D eigenvalue weighted by Gasteiger charge is 2.30. The van der Waals surface area contributed by atoms with Gasteiger partial charge in [0.25, 0.3) is 5.91 Å². The fourth-order valence-electron chi connectivity index (χ4n) is 2.02. The summed E-state index contributed by atoms with van der Waals surface area (Å²) in [7, 11) is 3.23. The molecule has 1 fully saturated rings. The molecule has 98 valence electrons. The summed E-state index contributed by atoms with van der Waals surface area (Å²) in [5, 5.41) is 2.95. The Labute approximate surface area is 106 Å². The van der Waals surface area contributed by atoms with Crippen molar-refractivity contribution in [1.82, 2.24) is 5.32 Å². The molecule has 0 heterocycles. The summed E-state index contributed by atoms with van der Waals surface area (Å²) in [5.41, 5.74) is 6.75. The molecule has 0 bridgehead atoms. The molecule has 1 aromatic carbocycles. The van der Waals surface area contributed by atoms with Crippen LogP contribution in [0, 0.1) is 0 Å². The Morgan fingerprint density at radius 3 is 2.67 bits per heavy atom. The first-order valence-electron chi connectivity index (χ1n) is 5.90. The second kappa shape index (κ2) is 5.27. The van der Waals surface area contributed by atoms with E-state index in [1.165, 1.54) is 0 Å². The zero-order chi connectivity index (χ0) is 13.1. The van der Waals surface area contributed by atoms with Crippen LogP contribution in [0.25, 0.3) is 0 Å². The molecule has 0 aromatic heterocycles. The molecule has 0 spiro atoms. The number of amides is 1. The van der Waals surface area contributed by atoms with Crippen LogP contribution in [0.15, 0.2) is 18.2 Å². The Bertz CT molecular complexity index is 442. The van der Waals surface area contributed by atoms with Gasteiger partial charge in [-0.05, 0) is 25.0 Å². The molecule has 0 unspecified atom stereocenters. The average molecular weight is 250 g/mol. The zero-order valence-corrected chi connectivity index (χ0v) is 10.6. The van der Waals surface area contributed by atoms with E-state index in [1.54, 1.807) is 32.4 Å². The molecule has 0 radical (unpaired) electrons. The molecular formula is C13H18N2O3. The Morgan fingerprint density at radius 1 is 1.33 bits per heavy atom. The number of hydrogen-bond acceptors (Lipinski definition) is 4. The van der Waals surface area contributed by atoms with E-state index in [1.807, 2.05) is 0 Å². The minimum Gasteiger partial charge on any atom is -0.497 e. The Morgan fingerprint density at radius 2 is 2.06 bits per heavy atom. The largest absolute Gasteiger partial charge is 0.497 e. The van der Waals surface area contributed by atoms with Gasteiger partial charge in [-0.1, -0.05) is 0 Å². The number of methoxy groups -OCH3 is 2. The molecular weight excluding hydrogens is 232 g/mol. The lowest BCUT2D eigenvalue weighted by Gasteiger charge is -2.34. The van der Waals surface area contributed by atoms with E-state index >= 15 is 0 Å². The van der Waals surface area contributed by atoms with Crippen molar-refractivity contribution in [2.24, 2.45) is 0 Å². The SMILES string of the molecule is COc1cc(N)cc(C(=O)NC2CC(OC)C2)c1. The number of rotatable bonds is 4. The molecule has 18 heavy (non-hydrogen) atoms. The standard InChI is InChI=1S/C13H18N2O3/c1-17-11-4-8(3-9(14)5-11)13(16)15-10-6-12(7-10)18-2/h3-5,10,12H,6-7,14H2,1-2H3,(H,15,16). The van der Waals surface area contributed by atoms with E-state index in [0.29, 0.717) is 17.0 Å². The molecule has 3 N–H and O–H groups in total. The number of nitrogen functional groups attached to an aromatic ring is 1. The van der Waals surface area contributed by atoms with E-state index in [4.69, 9.17) is 15.2 Å². The second-order valence-corrected chi connectivity index (χ2v) is 4.49. The summed E-state index contributed by atoms with van der Waals surface area (Å²) in [4.78, 5) is 12.0. The maximum Gasteiger partial charge on any atom is 0.251 e. The van der Waals surface area contributed by atoms with E-state index in [-0.39, 0.29) is 18.1 Å². The lowest BCUT2D eigenvalue weighted by molar-refractivity contribution is 0.0176. The summed E-state index contributed by atoms with van der Waals surface area (Å²) >= 11 is 0. The maximum atomic E-state index is 12.0. The molecule has 1 aliphatic rings. The lowest BCUT2D eigenvalue weighted by atomic mass is 9.89. The average Bonchev–Trinajstić information content (AvgIpc) is 2.32. The second-order valence-electron chi connectivity index (χ2n) is 4.49. The van der Waals surface area contributed by atoms with Gasteiger partial charge in [0.15, 0.2) is 0 Å². The smallest absolute Gasteiger partial charge is 0.251 e. The van der Waals surface area contributed by atoms with Crippen molar-refractivity contribution in [3.05, 3.63) is 23.8 Å². The number of nitrogens with one attached hydrogen (secondary N) is 1. The minimum absolute atomic E-state index is 0.125. The van der Waals surface area contributed by atoms with Gasteiger partial charge in [-0.2, -0.15) is 0 Å². The molecule has 0 saturated heterocycles. The van der Waals surface area contributed by atoms with Crippen molar-refractivity contribution in [1.29, 1.82) is 0 Å². The van der Waals surface area contributed by atoms with E-state index < -0.39 is 0 Å². The summed E-state index contributed by atoms with van der Waals surface area (Å²) in [6.45, 7) is 0. The number of hydrogen-bond donors (Lipinski definition) is 2. The van der Waals surface area contributed by atoms with Crippen molar-refractivity contribution >= 4 is 11.6 Å². The van der Waals surface area contributed by atoms with Crippen LogP contribution in [0.5, 0.6) is 5.75 Å². The van der Waals surface area contributed by atoms with E-state index in [2.05, 4.69) is 5.32 Å². The highest BCUT2D eigenvalue weighted by atomic mass is 16.5. The topological polar surface area (TPSA) is 73.6 Å². The highest BCUT2D eigenvalue weighted by Crippen LogP contribution is 2.24. The van der Waals surface area contributed by atoms with Gasteiger partial charge in [-0.15, -0.1) is 0 Å². The summed E-state index contributed by atoms with van der Waals surface area (Å²) < 4.78 is 10.3. The highest BCUT2D eigenvalue weighted by molar-refractivity contribution is 5.95. The third-order valence-corrected chi connectivity index (χ3v) is 3.19. The predicted octanol–water partition coefficient (Wildman–Crippen LogP) is 1.18. The molecule has 2 rings (SSSR count). The van der Waals surface area contributed by atoms with Gasteiger partial charge >= 0.3 is 0 Å². The Hall–Kier alpha value is -1.75. The van der Waals surface area contributed by atoms with Crippen molar-refractivity contribution in [3.8, 4) is 5.75 Å². The fraction of sp³-hybridized carbons (Fsp3) is 0.462. The first kappa shape index (κ1) is 12.7. The molecule has 1 aliphatic carbocycles. The number of benzene rings is 1. The number of carbonyl (C=O) groups is 1. The molecule has 5 nitrogen and oxygen atoms in total. The van der Waals surface area contributed by atoms with Crippen molar-refractivity contribution < 1.29 is 14.3 Å². The van der Waals surface area contributed by atoms with Crippen LogP contribution in [0.3, 0.4) is 0 Å². The van der Waals surface area contributed by atoms with Crippen molar-refractivity contribution in [2.75, 3.05) is 20.0 Å². The first-order valence-corrected chi connectivity index (χ1v) is 5.90. The van der Waals surface area contributed by atoms with Gasteiger partial charge in [0.05, 0.1) is 13.2 Å². The zero-order valence-electron chi connectivity index (χ0n) is 10.6. The quantitative estimate of drug-likeness (QED) is 0.787. The summed E-state index contributed by atoms with van der Waals surface area (Å²) in [6, 6.07) is 5.19. The lowest BCUT2D eigenvalue weighted by Crippen LogP contribution is -2.47. The molecule has 5 heteroatoms. The number of nitrogens with two attached hydrogens (primary N) is 1. The number of carbonyl (C=O) groups excluding carboxylic acids is 1. The van der Waals surface area contributed by atoms with E-state index in [0.717, 1.165) is 12.8 Å². The minimum atomic E-state index is -0.125. The Kier molecular flexibility index (Phi) is 3.72. The van der Waals surface area contributed by atoms with Crippen LogP contribution in [0.1, 0.15) is 23.2 Å². The van der Waals surface area contributed by atoms with Crippen molar-refractivity contribution in [2.45, 2.75) is 25.0 Å². The van der Waals surface area contributed by atoms with Gasteiger partial charge in [-0.25, -0.2) is 0 Å². The van der Waals surface area contributed by atoms with Gasteiger partial charge in [0.1, 0.15) is 5.75 Å². The third kappa shape index (κ3) is 2.73. The molecule has 1 aromatic rings. The number of ether oxygens (including phenoxy) is 2. The van der Waals surface area contributed by atoms with Crippen LogP contribution in [-0.4, -0.2) is 32.3 Å². The third-order valence-electron chi connectivity index (χ3n) is 3.19. The van der Waals surface area contributed by atoms with Gasteiger partial charge in [0.2, 0.25) is 0 Å². The summed E-state index contributed by atoms with van der Waals surface area (Å²) in [5.74, 6) is 0.462. The van der Waals surface area contributed by atoms with Crippen molar-refractivity contribution in [3.63, 3.8) is 0 Å². The van der Waals surface area contributed by atoms with Crippen LogP contribution in [0.4, 0.5) is 5.69 Å². The summed E-state index contributed by atoms with van der Waals surface area (Å²) in [6.07, 6.45) is 1.99. The fourth-order valence-corrected chi connectivity index (χ4v) is 2.02. The van der Waals surface area contributed by atoms with E-state index in [9.17, 15) is 4.79 Å². The van der Waals surface area contributed by atoms with Gasteiger partial charge in [-0.3, -0.25) is 4.79 Å². The number of anilines is 1. The molecule has 1 amide bonds. The van der Waals surface area contributed by atoms with Crippen LogP contribution in [-0.2, 0) is 4.74 Å². The predicted molar refractivity (Wildman–Crippen MR) is 68.7 cm³/mol. The normalized spacial score (nSPS) is 22.1. The molecule has 0 atom stereocenters. The maximum absolute atomic E-state index is 12.0. The first-order chi connectivity index (χ1) is 8.62.